The maximum Gasteiger partial charge on any atom is 0.573 e. The van der Waals surface area contributed by atoms with Gasteiger partial charge in [-0.1, -0.05) is 0 Å². The molecule has 0 bridgehead atoms. The molecule has 22 heavy (non-hydrogen) atoms. The van der Waals surface area contributed by atoms with Crippen molar-refractivity contribution in [1.29, 1.82) is 0 Å². The zero-order valence-corrected chi connectivity index (χ0v) is 11.8. The Labute approximate surface area is 125 Å². The van der Waals surface area contributed by atoms with Crippen molar-refractivity contribution in [2.45, 2.75) is 18.8 Å². The number of halogens is 5. The lowest BCUT2D eigenvalue weighted by Gasteiger charge is -2.35. The number of hydrogen-bond acceptors (Lipinski definition) is 3. The van der Waals surface area contributed by atoms with Crippen LogP contribution in [-0.4, -0.2) is 44.1 Å². The van der Waals surface area contributed by atoms with E-state index in [-0.39, 0.29) is 12.0 Å². The van der Waals surface area contributed by atoms with E-state index >= 15 is 0 Å². The van der Waals surface area contributed by atoms with E-state index in [0.29, 0.717) is 26.2 Å². The molecule has 1 fully saturated rings. The van der Waals surface area contributed by atoms with Crippen LogP contribution in [0.1, 0.15) is 18.0 Å². The van der Waals surface area contributed by atoms with Gasteiger partial charge in [0.25, 0.3) is 0 Å². The number of hydrogen-bond donors (Lipinski definition) is 1. The van der Waals surface area contributed by atoms with Gasteiger partial charge in [-0.05, 0) is 24.6 Å². The molecular weight excluding hydrogens is 307 g/mol. The molecule has 124 valence electrons. The van der Waals surface area contributed by atoms with Crippen LogP contribution in [0.25, 0.3) is 0 Å². The van der Waals surface area contributed by atoms with Crippen LogP contribution in [0.3, 0.4) is 0 Å². The molecule has 0 aliphatic carbocycles. The standard InChI is InChI=1S/C14H17F5N2O/c15-4-3-13(21-7-5-20-6-8-21)11-9-10(1-2-12(11)16)22-14(17,18)19/h1-2,9,13,20H,3-8H2/t13-/m1/s1. The molecule has 0 amide bonds. The van der Waals surface area contributed by atoms with E-state index in [0.717, 1.165) is 18.2 Å². The first-order chi connectivity index (χ1) is 10.4. The van der Waals surface area contributed by atoms with Crippen LogP contribution in [0, 0.1) is 5.82 Å². The highest BCUT2D eigenvalue weighted by atomic mass is 19.4. The molecule has 1 aliphatic rings. The van der Waals surface area contributed by atoms with Gasteiger partial charge in [0, 0.05) is 37.8 Å². The first-order valence-corrected chi connectivity index (χ1v) is 6.96. The van der Waals surface area contributed by atoms with Gasteiger partial charge in [-0.15, -0.1) is 13.2 Å². The van der Waals surface area contributed by atoms with Crippen molar-refractivity contribution in [1.82, 2.24) is 10.2 Å². The van der Waals surface area contributed by atoms with Crippen molar-refractivity contribution >= 4 is 0 Å². The lowest BCUT2D eigenvalue weighted by molar-refractivity contribution is -0.274. The molecule has 1 heterocycles. The van der Waals surface area contributed by atoms with E-state index in [1.165, 1.54) is 0 Å². The quantitative estimate of drug-likeness (QED) is 0.843. The highest BCUT2D eigenvalue weighted by molar-refractivity contribution is 5.32. The summed E-state index contributed by atoms with van der Waals surface area (Å²) < 4.78 is 67.5. The number of benzene rings is 1. The number of rotatable bonds is 5. The van der Waals surface area contributed by atoms with E-state index in [4.69, 9.17) is 0 Å². The van der Waals surface area contributed by atoms with Crippen molar-refractivity contribution < 1.29 is 26.7 Å². The Balaban J connectivity index is 2.27. The minimum atomic E-state index is -4.85. The van der Waals surface area contributed by atoms with E-state index < -0.39 is 30.6 Å². The summed E-state index contributed by atoms with van der Waals surface area (Å²) in [7, 11) is 0. The molecule has 1 aliphatic heterocycles. The van der Waals surface area contributed by atoms with E-state index in [9.17, 15) is 22.0 Å². The van der Waals surface area contributed by atoms with Crippen molar-refractivity contribution in [3.8, 4) is 5.75 Å². The number of alkyl halides is 4. The van der Waals surface area contributed by atoms with Crippen LogP contribution in [0.2, 0.25) is 0 Å². The molecule has 0 spiro atoms. The third kappa shape index (κ3) is 4.54. The second-order valence-corrected chi connectivity index (χ2v) is 5.01. The lowest BCUT2D eigenvalue weighted by Crippen LogP contribution is -2.45. The molecule has 2 rings (SSSR count). The van der Waals surface area contributed by atoms with Gasteiger partial charge in [0.15, 0.2) is 0 Å². The maximum atomic E-state index is 14.0. The fraction of sp³-hybridized carbons (Fsp3) is 0.571. The van der Waals surface area contributed by atoms with Crippen molar-refractivity contribution in [2.24, 2.45) is 0 Å². The third-order valence-electron chi connectivity index (χ3n) is 3.53. The molecule has 1 atom stereocenters. The largest absolute Gasteiger partial charge is 0.573 e. The summed E-state index contributed by atoms with van der Waals surface area (Å²) in [6, 6.07) is 2.23. The van der Waals surface area contributed by atoms with Crippen LogP contribution in [-0.2, 0) is 0 Å². The van der Waals surface area contributed by atoms with Gasteiger partial charge in [0.1, 0.15) is 11.6 Å². The van der Waals surface area contributed by atoms with E-state index in [2.05, 4.69) is 10.1 Å². The first kappa shape index (κ1) is 17.0. The Hall–Kier alpha value is -1.41. The van der Waals surface area contributed by atoms with Gasteiger partial charge in [0.2, 0.25) is 0 Å². The second kappa shape index (κ2) is 7.23. The Morgan fingerprint density at radius 1 is 1.23 bits per heavy atom. The van der Waals surface area contributed by atoms with Crippen molar-refractivity contribution in [2.75, 3.05) is 32.9 Å². The summed E-state index contributed by atoms with van der Waals surface area (Å²) in [5, 5.41) is 3.12. The van der Waals surface area contributed by atoms with Crippen LogP contribution in [0.5, 0.6) is 5.75 Å². The Morgan fingerprint density at radius 3 is 2.50 bits per heavy atom. The fourth-order valence-electron chi connectivity index (χ4n) is 2.61. The van der Waals surface area contributed by atoms with Crippen LogP contribution in [0.4, 0.5) is 22.0 Å². The summed E-state index contributed by atoms with van der Waals surface area (Å²) in [5.41, 5.74) is 0.0290. The van der Waals surface area contributed by atoms with Gasteiger partial charge < -0.3 is 10.1 Å². The monoisotopic (exact) mass is 324 g/mol. The summed E-state index contributed by atoms with van der Waals surface area (Å²) in [6.45, 7) is 1.81. The smallest absolute Gasteiger partial charge is 0.406 e. The molecule has 0 aromatic heterocycles. The fourth-order valence-corrected chi connectivity index (χ4v) is 2.61. The van der Waals surface area contributed by atoms with E-state index in [1.807, 2.05) is 4.90 Å². The third-order valence-corrected chi connectivity index (χ3v) is 3.53. The van der Waals surface area contributed by atoms with Crippen molar-refractivity contribution in [3.63, 3.8) is 0 Å². The van der Waals surface area contributed by atoms with Gasteiger partial charge in [0.05, 0.1) is 6.67 Å². The van der Waals surface area contributed by atoms with Gasteiger partial charge >= 0.3 is 6.36 Å². The van der Waals surface area contributed by atoms with Gasteiger partial charge in [-0.3, -0.25) is 9.29 Å². The average molecular weight is 324 g/mol. The topological polar surface area (TPSA) is 24.5 Å². The van der Waals surface area contributed by atoms with Gasteiger partial charge in [-0.25, -0.2) is 4.39 Å². The number of piperazine rings is 1. The molecule has 0 radical (unpaired) electrons. The molecule has 3 nitrogen and oxygen atoms in total. The molecule has 0 unspecified atom stereocenters. The highest BCUT2D eigenvalue weighted by Gasteiger charge is 2.32. The average Bonchev–Trinajstić information content (AvgIpc) is 2.46. The molecule has 8 heteroatoms. The minimum Gasteiger partial charge on any atom is -0.406 e. The molecular formula is C14H17F5N2O. The summed E-state index contributed by atoms with van der Waals surface area (Å²) in [4.78, 5) is 1.87. The maximum absolute atomic E-state index is 14.0. The molecule has 1 aromatic rings. The zero-order valence-electron chi connectivity index (χ0n) is 11.8. The molecule has 0 saturated carbocycles. The number of ether oxygens (including phenoxy) is 1. The summed E-state index contributed by atoms with van der Waals surface area (Å²) in [6.07, 6.45) is -4.83. The predicted octanol–water partition coefficient (Wildman–Crippen LogP) is 3.03. The lowest BCUT2D eigenvalue weighted by atomic mass is 10.0. The minimum absolute atomic E-state index is 0.0202. The molecule has 1 N–H and O–H groups in total. The van der Waals surface area contributed by atoms with Crippen LogP contribution >= 0.6 is 0 Å². The summed E-state index contributed by atoms with van der Waals surface area (Å²) >= 11 is 0. The molecule has 1 aromatic carbocycles. The van der Waals surface area contributed by atoms with Crippen LogP contribution < -0.4 is 10.1 Å². The normalized spacial score (nSPS) is 18.2. The number of nitrogens with one attached hydrogen (secondary N) is 1. The second-order valence-electron chi connectivity index (χ2n) is 5.01. The SMILES string of the molecule is FCC[C@H](c1cc(OC(F)(F)F)ccc1F)N1CCNCC1. The Morgan fingerprint density at radius 2 is 1.91 bits per heavy atom. The summed E-state index contributed by atoms with van der Waals surface area (Å²) in [5.74, 6) is -1.16. The van der Waals surface area contributed by atoms with Crippen molar-refractivity contribution in [3.05, 3.63) is 29.6 Å². The Kier molecular flexibility index (Phi) is 5.57. The predicted molar refractivity (Wildman–Crippen MR) is 70.9 cm³/mol. The zero-order chi connectivity index (χ0) is 16.2. The van der Waals surface area contributed by atoms with E-state index in [1.54, 1.807) is 0 Å². The van der Waals surface area contributed by atoms with Gasteiger partial charge in [-0.2, -0.15) is 0 Å². The first-order valence-electron chi connectivity index (χ1n) is 6.96. The highest BCUT2D eigenvalue weighted by Crippen LogP contribution is 2.32. The molecule has 1 saturated heterocycles. The number of nitrogens with zero attached hydrogens (tertiary/aromatic N) is 1. The van der Waals surface area contributed by atoms with Crippen LogP contribution in [0.15, 0.2) is 18.2 Å². The Bertz CT molecular complexity index is 489.